The molecule has 2 unspecified atom stereocenters. The van der Waals surface area contributed by atoms with Gasteiger partial charge in [-0.25, -0.2) is 0 Å². The maximum atomic E-state index is 12.3. The van der Waals surface area contributed by atoms with Crippen LogP contribution in [0.1, 0.15) is 16.8 Å². The molecule has 1 aromatic carbocycles. The minimum atomic E-state index is -4.87. The zero-order valence-corrected chi connectivity index (χ0v) is 11.0. The van der Waals surface area contributed by atoms with Crippen LogP contribution in [0.25, 0.3) is 0 Å². The number of amides is 1. The van der Waals surface area contributed by atoms with Gasteiger partial charge >= 0.3 is 6.36 Å². The molecule has 116 valence electrons. The summed E-state index contributed by atoms with van der Waals surface area (Å²) in [5, 5.41) is 15.2. The highest BCUT2D eigenvalue weighted by Gasteiger charge is 2.33. The molecule has 1 heterocycles. The lowest BCUT2D eigenvalue weighted by Gasteiger charge is -2.29. The van der Waals surface area contributed by atoms with Crippen LogP contribution in [-0.4, -0.2) is 42.6 Å². The topological polar surface area (TPSA) is 70.6 Å². The summed E-state index contributed by atoms with van der Waals surface area (Å²) in [4.78, 5) is 12.1. The average Bonchev–Trinajstić information content (AvgIpc) is 2.40. The molecule has 3 N–H and O–H groups in total. The summed E-state index contributed by atoms with van der Waals surface area (Å²) < 4.78 is 40.7. The number of hydrogen-bond donors (Lipinski definition) is 3. The third-order valence-electron chi connectivity index (χ3n) is 3.12. The summed E-state index contributed by atoms with van der Waals surface area (Å²) in [6, 6.07) is 4.59. The Hall–Kier alpha value is -1.80. The lowest BCUT2D eigenvalue weighted by Crippen LogP contribution is -2.52. The molecule has 0 radical (unpaired) electrons. The fraction of sp³-hybridized carbons (Fsp3) is 0.462. The standard InChI is InChI=1S/C13H15F3N2O3/c14-13(15,16)21-11-4-2-1-3-8(11)12(20)18-9-5-6-17-7-10(9)19/h1-4,9-10,17,19H,5-7H2,(H,18,20). The maximum Gasteiger partial charge on any atom is 0.573 e. The van der Waals surface area contributed by atoms with E-state index >= 15 is 0 Å². The number of rotatable bonds is 3. The minimum absolute atomic E-state index is 0.222. The summed E-state index contributed by atoms with van der Waals surface area (Å²) >= 11 is 0. The third-order valence-corrected chi connectivity index (χ3v) is 3.12. The van der Waals surface area contributed by atoms with Gasteiger partial charge in [-0.3, -0.25) is 4.79 Å². The Morgan fingerprint density at radius 3 is 2.76 bits per heavy atom. The first-order valence-electron chi connectivity index (χ1n) is 6.41. The van der Waals surface area contributed by atoms with Gasteiger partial charge in [-0.15, -0.1) is 13.2 Å². The first-order chi connectivity index (χ1) is 9.87. The molecule has 1 saturated heterocycles. The Balaban J connectivity index is 2.11. The number of ether oxygens (including phenoxy) is 1. The number of hydrogen-bond acceptors (Lipinski definition) is 4. The molecule has 0 spiro atoms. The molecule has 1 aromatic rings. The molecule has 2 rings (SSSR count). The lowest BCUT2D eigenvalue weighted by atomic mass is 10.0. The van der Waals surface area contributed by atoms with Crippen molar-refractivity contribution in [2.75, 3.05) is 13.1 Å². The van der Waals surface area contributed by atoms with Gasteiger partial charge in [-0.2, -0.15) is 0 Å². The van der Waals surface area contributed by atoms with E-state index < -0.39 is 30.2 Å². The Morgan fingerprint density at radius 2 is 2.10 bits per heavy atom. The molecule has 0 aliphatic carbocycles. The summed E-state index contributed by atoms with van der Waals surface area (Å²) in [5.74, 6) is -1.27. The molecule has 2 atom stereocenters. The van der Waals surface area contributed by atoms with Crippen LogP contribution in [0.2, 0.25) is 0 Å². The third kappa shape index (κ3) is 4.33. The average molecular weight is 304 g/mol. The molecule has 0 bridgehead atoms. The largest absolute Gasteiger partial charge is 0.573 e. The van der Waals surface area contributed by atoms with E-state index in [1.54, 1.807) is 0 Å². The second-order valence-corrected chi connectivity index (χ2v) is 4.68. The van der Waals surface area contributed by atoms with Crippen molar-refractivity contribution < 1.29 is 27.8 Å². The summed E-state index contributed by atoms with van der Waals surface area (Å²) in [6.07, 6.45) is -5.15. The quantitative estimate of drug-likeness (QED) is 0.780. The number of benzene rings is 1. The number of β-amino-alcohol motifs (C(OH)–C–C–N with tert-alkyl or cyclic N) is 1. The zero-order valence-electron chi connectivity index (χ0n) is 11.0. The van der Waals surface area contributed by atoms with Crippen LogP contribution >= 0.6 is 0 Å². The van der Waals surface area contributed by atoms with Crippen molar-refractivity contribution >= 4 is 5.91 Å². The number of para-hydroxylation sites is 1. The number of nitrogens with one attached hydrogen (secondary N) is 2. The number of alkyl halides is 3. The Bertz CT molecular complexity index is 508. The van der Waals surface area contributed by atoms with E-state index in [-0.39, 0.29) is 5.56 Å². The minimum Gasteiger partial charge on any atom is -0.405 e. The highest BCUT2D eigenvalue weighted by atomic mass is 19.4. The highest BCUT2D eigenvalue weighted by molar-refractivity contribution is 5.97. The monoisotopic (exact) mass is 304 g/mol. The van der Waals surface area contributed by atoms with Gasteiger partial charge in [0.05, 0.1) is 17.7 Å². The van der Waals surface area contributed by atoms with E-state index in [1.165, 1.54) is 18.2 Å². The smallest absolute Gasteiger partial charge is 0.405 e. The number of aliphatic hydroxyl groups is 1. The van der Waals surface area contributed by atoms with E-state index in [0.29, 0.717) is 19.5 Å². The first-order valence-corrected chi connectivity index (χ1v) is 6.41. The van der Waals surface area contributed by atoms with Crippen LogP contribution in [0.15, 0.2) is 24.3 Å². The number of carbonyl (C=O) groups is 1. The van der Waals surface area contributed by atoms with Crippen molar-refractivity contribution in [3.63, 3.8) is 0 Å². The zero-order chi connectivity index (χ0) is 15.5. The SMILES string of the molecule is O=C(NC1CCNCC1O)c1ccccc1OC(F)(F)F. The molecule has 8 heteroatoms. The number of piperidine rings is 1. The molecule has 1 aliphatic heterocycles. The van der Waals surface area contributed by atoms with Crippen LogP contribution < -0.4 is 15.4 Å². The maximum absolute atomic E-state index is 12.3. The first kappa shape index (κ1) is 15.6. The van der Waals surface area contributed by atoms with Gasteiger partial charge in [-0.1, -0.05) is 12.1 Å². The number of carbonyl (C=O) groups excluding carboxylic acids is 1. The second kappa shape index (κ2) is 6.31. The van der Waals surface area contributed by atoms with E-state index in [0.717, 1.165) is 6.07 Å². The molecule has 21 heavy (non-hydrogen) atoms. The van der Waals surface area contributed by atoms with Crippen LogP contribution in [0.5, 0.6) is 5.75 Å². The van der Waals surface area contributed by atoms with Gasteiger partial charge in [0.2, 0.25) is 0 Å². The van der Waals surface area contributed by atoms with Gasteiger partial charge < -0.3 is 20.5 Å². The van der Waals surface area contributed by atoms with Crippen molar-refractivity contribution in [2.45, 2.75) is 24.9 Å². The molecule has 0 saturated carbocycles. The lowest BCUT2D eigenvalue weighted by molar-refractivity contribution is -0.274. The summed E-state index contributed by atoms with van der Waals surface area (Å²) in [7, 11) is 0. The van der Waals surface area contributed by atoms with Crippen LogP contribution in [0.4, 0.5) is 13.2 Å². The van der Waals surface area contributed by atoms with E-state index in [4.69, 9.17) is 0 Å². The van der Waals surface area contributed by atoms with Crippen molar-refractivity contribution in [1.29, 1.82) is 0 Å². The predicted octanol–water partition coefficient (Wildman–Crippen LogP) is 1.04. The normalized spacial score (nSPS) is 22.7. The summed E-state index contributed by atoms with van der Waals surface area (Å²) in [5.41, 5.74) is -0.222. The fourth-order valence-corrected chi connectivity index (χ4v) is 2.12. The van der Waals surface area contributed by atoms with Gasteiger partial charge in [0.15, 0.2) is 0 Å². The Morgan fingerprint density at radius 1 is 1.38 bits per heavy atom. The molecule has 5 nitrogen and oxygen atoms in total. The van der Waals surface area contributed by atoms with Crippen molar-refractivity contribution in [1.82, 2.24) is 10.6 Å². The van der Waals surface area contributed by atoms with Gasteiger partial charge in [0.1, 0.15) is 5.75 Å². The van der Waals surface area contributed by atoms with Crippen molar-refractivity contribution in [2.24, 2.45) is 0 Å². The molecule has 1 amide bonds. The number of halogens is 3. The van der Waals surface area contributed by atoms with Gasteiger partial charge in [-0.05, 0) is 25.1 Å². The molecule has 1 fully saturated rings. The fourth-order valence-electron chi connectivity index (χ4n) is 2.12. The van der Waals surface area contributed by atoms with Crippen molar-refractivity contribution in [3.8, 4) is 5.75 Å². The van der Waals surface area contributed by atoms with E-state index in [9.17, 15) is 23.1 Å². The number of aliphatic hydroxyl groups excluding tert-OH is 1. The molecular weight excluding hydrogens is 289 g/mol. The van der Waals surface area contributed by atoms with Crippen LogP contribution in [0.3, 0.4) is 0 Å². The van der Waals surface area contributed by atoms with Crippen molar-refractivity contribution in [3.05, 3.63) is 29.8 Å². The highest BCUT2D eigenvalue weighted by Crippen LogP contribution is 2.26. The predicted molar refractivity (Wildman–Crippen MR) is 67.9 cm³/mol. The van der Waals surface area contributed by atoms with E-state index in [1.807, 2.05) is 0 Å². The molecule has 0 aromatic heterocycles. The molecule has 1 aliphatic rings. The van der Waals surface area contributed by atoms with Gasteiger partial charge in [0.25, 0.3) is 5.91 Å². The van der Waals surface area contributed by atoms with Gasteiger partial charge in [0, 0.05) is 6.54 Å². The summed E-state index contributed by atoms with van der Waals surface area (Å²) in [6.45, 7) is 0.939. The Labute approximate surface area is 119 Å². The van der Waals surface area contributed by atoms with Crippen LogP contribution in [-0.2, 0) is 0 Å². The Kier molecular flexibility index (Phi) is 4.69. The second-order valence-electron chi connectivity index (χ2n) is 4.68. The van der Waals surface area contributed by atoms with E-state index in [2.05, 4.69) is 15.4 Å². The van der Waals surface area contributed by atoms with Crippen LogP contribution in [0, 0.1) is 0 Å². The molecular formula is C13H15F3N2O3.